The number of likely N-dealkylation sites (tertiary alicyclic amines) is 1. The van der Waals surface area contributed by atoms with Gasteiger partial charge in [-0.2, -0.15) is 0 Å². The first-order chi connectivity index (χ1) is 9.79. The van der Waals surface area contributed by atoms with Gasteiger partial charge < -0.3 is 10.0 Å². The Balaban J connectivity index is 1.84. The van der Waals surface area contributed by atoms with Crippen LogP contribution in [0.15, 0.2) is 18.2 Å². The Morgan fingerprint density at radius 2 is 2.24 bits per heavy atom. The maximum absolute atomic E-state index is 13.9. The van der Waals surface area contributed by atoms with Crippen molar-refractivity contribution in [3.05, 3.63) is 34.6 Å². The minimum absolute atomic E-state index is 0.0478. The van der Waals surface area contributed by atoms with E-state index in [1.165, 1.54) is 12.1 Å². The van der Waals surface area contributed by atoms with E-state index in [0.717, 1.165) is 12.5 Å². The van der Waals surface area contributed by atoms with Crippen molar-refractivity contribution in [1.82, 2.24) is 4.90 Å². The zero-order valence-corrected chi connectivity index (χ0v) is 13.0. The number of aliphatic hydroxyl groups is 1. The van der Waals surface area contributed by atoms with Gasteiger partial charge in [0.25, 0.3) is 5.91 Å². The van der Waals surface area contributed by atoms with Crippen LogP contribution < -0.4 is 0 Å². The largest absolute Gasteiger partial charge is 0.396 e. The molecular formula is C16H19ClFNO2. The third-order valence-electron chi connectivity index (χ3n) is 5.16. The van der Waals surface area contributed by atoms with Gasteiger partial charge in [0, 0.05) is 23.5 Å². The predicted octanol–water partition coefficient (Wildman–Crippen LogP) is 2.96. The van der Waals surface area contributed by atoms with Crippen LogP contribution in [0, 0.1) is 22.6 Å². The van der Waals surface area contributed by atoms with Gasteiger partial charge in [-0.15, -0.1) is 0 Å². The Hall–Kier alpha value is -1.13. The van der Waals surface area contributed by atoms with Gasteiger partial charge >= 0.3 is 0 Å². The van der Waals surface area contributed by atoms with Crippen LogP contribution in [0.3, 0.4) is 0 Å². The molecule has 1 aromatic rings. The van der Waals surface area contributed by atoms with Crippen molar-refractivity contribution in [3.8, 4) is 0 Å². The number of hydrogen-bond donors (Lipinski definition) is 1. The number of hydrogen-bond acceptors (Lipinski definition) is 2. The number of carbonyl (C=O) groups is 1. The van der Waals surface area contributed by atoms with Crippen LogP contribution in [-0.4, -0.2) is 35.6 Å². The fraction of sp³-hybridized carbons (Fsp3) is 0.562. The number of aliphatic hydroxyl groups excluding tert-OH is 1. The Labute approximate surface area is 128 Å². The summed E-state index contributed by atoms with van der Waals surface area (Å²) in [7, 11) is 0. The van der Waals surface area contributed by atoms with E-state index in [2.05, 4.69) is 13.8 Å². The second kappa shape index (κ2) is 4.68. The predicted molar refractivity (Wildman–Crippen MR) is 78.7 cm³/mol. The molecule has 21 heavy (non-hydrogen) atoms. The molecule has 2 atom stereocenters. The fourth-order valence-electron chi connectivity index (χ4n) is 4.33. The maximum atomic E-state index is 13.9. The Morgan fingerprint density at radius 3 is 2.76 bits per heavy atom. The van der Waals surface area contributed by atoms with Gasteiger partial charge in [0.2, 0.25) is 0 Å². The van der Waals surface area contributed by atoms with E-state index in [1.54, 1.807) is 4.90 Å². The Bertz CT molecular complexity index is 604. The van der Waals surface area contributed by atoms with Gasteiger partial charge in [-0.05, 0) is 36.0 Å². The van der Waals surface area contributed by atoms with Gasteiger partial charge in [-0.1, -0.05) is 25.4 Å². The Kier molecular flexibility index (Phi) is 3.30. The average Bonchev–Trinajstić information content (AvgIpc) is 2.73. The molecule has 3 rings (SSSR count). The number of carbonyl (C=O) groups excluding carboxylic acids is 1. The van der Waals surface area contributed by atoms with E-state index in [1.807, 2.05) is 0 Å². The maximum Gasteiger partial charge on any atom is 0.256 e. The molecule has 0 unspecified atom stereocenters. The summed E-state index contributed by atoms with van der Waals surface area (Å²) in [5.74, 6) is -0.638. The topological polar surface area (TPSA) is 40.5 Å². The molecule has 1 heterocycles. The first-order valence-electron chi connectivity index (χ1n) is 7.14. The van der Waals surface area contributed by atoms with Crippen molar-refractivity contribution in [1.29, 1.82) is 0 Å². The summed E-state index contributed by atoms with van der Waals surface area (Å²) in [4.78, 5) is 14.2. The molecule has 3 nitrogen and oxygen atoms in total. The lowest BCUT2D eigenvalue weighted by Crippen LogP contribution is -2.54. The molecule has 5 heteroatoms. The van der Waals surface area contributed by atoms with E-state index < -0.39 is 5.82 Å². The summed E-state index contributed by atoms with van der Waals surface area (Å²) in [6, 6.07) is 4.11. The SMILES string of the molecule is CC1(C)C[C@]2(CO)CN(C(=O)c3ccc(Cl)cc3F)C[C@H]12. The summed E-state index contributed by atoms with van der Waals surface area (Å²) in [6.07, 6.45) is 0.897. The standard InChI is InChI=1S/C16H19ClFNO2/c1-15(2)7-16(9-20)8-19(6-13(15)16)14(21)11-4-3-10(17)5-12(11)18/h3-5,13,20H,6-9H2,1-2H3/t13-,16-/m1/s1. The lowest BCUT2D eigenvalue weighted by molar-refractivity contribution is -0.0977. The third-order valence-corrected chi connectivity index (χ3v) is 5.40. The molecule has 0 spiro atoms. The molecule has 1 aliphatic carbocycles. The molecule has 114 valence electrons. The average molecular weight is 312 g/mol. The summed E-state index contributed by atoms with van der Waals surface area (Å²) in [5.41, 5.74) is -0.0372. The molecule has 2 fully saturated rings. The molecule has 0 radical (unpaired) electrons. The molecule has 1 N–H and O–H groups in total. The zero-order chi connectivity index (χ0) is 15.4. The Morgan fingerprint density at radius 1 is 1.52 bits per heavy atom. The van der Waals surface area contributed by atoms with Crippen molar-refractivity contribution in [2.75, 3.05) is 19.7 Å². The lowest BCUT2D eigenvalue weighted by Gasteiger charge is -2.55. The molecule has 2 aliphatic rings. The van der Waals surface area contributed by atoms with E-state index in [9.17, 15) is 14.3 Å². The van der Waals surface area contributed by atoms with Crippen molar-refractivity contribution in [2.45, 2.75) is 20.3 Å². The monoisotopic (exact) mass is 311 g/mol. The summed E-state index contributed by atoms with van der Waals surface area (Å²) >= 11 is 5.72. The van der Waals surface area contributed by atoms with Crippen LogP contribution in [0.25, 0.3) is 0 Å². The highest BCUT2D eigenvalue weighted by atomic mass is 35.5. The van der Waals surface area contributed by atoms with Gasteiger partial charge in [-0.3, -0.25) is 4.79 Å². The molecule has 1 aliphatic heterocycles. The summed E-state index contributed by atoms with van der Waals surface area (Å²) < 4.78 is 13.9. The highest BCUT2D eigenvalue weighted by Gasteiger charge is 2.63. The van der Waals surface area contributed by atoms with Crippen molar-refractivity contribution in [3.63, 3.8) is 0 Å². The number of nitrogens with zero attached hydrogens (tertiary/aromatic N) is 1. The first-order valence-corrected chi connectivity index (χ1v) is 7.52. The molecule has 1 saturated carbocycles. The lowest BCUT2D eigenvalue weighted by atomic mass is 9.48. The third kappa shape index (κ3) is 2.16. The van der Waals surface area contributed by atoms with Crippen LogP contribution >= 0.6 is 11.6 Å². The second-order valence-corrected chi connectivity index (χ2v) is 7.48. The van der Waals surface area contributed by atoms with Crippen LogP contribution in [0.5, 0.6) is 0 Å². The molecular weight excluding hydrogens is 293 g/mol. The zero-order valence-electron chi connectivity index (χ0n) is 12.2. The van der Waals surface area contributed by atoms with E-state index in [-0.39, 0.29) is 39.8 Å². The van der Waals surface area contributed by atoms with Crippen LogP contribution in [0.1, 0.15) is 30.6 Å². The van der Waals surface area contributed by atoms with Crippen LogP contribution in [0.4, 0.5) is 4.39 Å². The fourth-order valence-corrected chi connectivity index (χ4v) is 4.49. The van der Waals surface area contributed by atoms with Gasteiger partial charge in [0.15, 0.2) is 0 Å². The summed E-state index contributed by atoms with van der Waals surface area (Å²) in [5, 5.41) is 9.99. The van der Waals surface area contributed by atoms with Crippen LogP contribution in [-0.2, 0) is 0 Å². The van der Waals surface area contributed by atoms with Gasteiger partial charge in [0.05, 0.1) is 12.2 Å². The van der Waals surface area contributed by atoms with E-state index >= 15 is 0 Å². The molecule has 0 bridgehead atoms. The number of halogens is 2. The molecule has 0 aromatic heterocycles. The smallest absolute Gasteiger partial charge is 0.256 e. The number of rotatable bonds is 2. The molecule has 1 amide bonds. The summed E-state index contributed by atoms with van der Waals surface area (Å²) in [6.45, 7) is 5.46. The van der Waals surface area contributed by atoms with Gasteiger partial charge in [-0.25, -0.2) is 4.39 Å². The minimum atomic E-state index is -0.593. The van der Waals surface area contributed by atoms with Crippen molar-refractivity contribution in [2.24, 2.45) is 16.7 Å². The number of fused-ring (bicyclic) bond motifs is 1. The van der Waals surface area contributed by atoms with Gasteiger partial charge in [0.1, 0.15) is 5.82 Å². The quantitative estimate of drug-likeness (QED) is 0.912. The normalized spacial score (nSPS) is 30.0. The molecule has 1 aromatic carbocycles. The highest BCUT2D eigenvalue weighted by molar-refractivity contribution is 6.30. The first kappa shape index (κ1) is 14.8. The van der Waals surface area contributed by atoms with E-state index in [4.69, 9.17) is 11.6 Å². The number of amides is 1. The van der Waals surface area contributed by atoms with Crippen molar-refractivity contribution < 1.29 is 14.3 Å². The highest BCUT2D eigenvalue weighted by Crippen LogP contribution is 2.62. The number of benzene rings is 1. The second-order valence-electron chi connectivity index (χ2n) is 7.05. The van der Waals surface area contributed by atoms with E-state index in [0.29, 0.717) is 13.1 Å². The van der Waals surface area contributed by atoms with Crippen molar-refractivity contribution >= 4 is 17.5 Å². The molecule has 1 saturated heterocycles. The minimum Gasteiger partial charge on any atom is -0.396 e. The van der Waals surface area contributed by atoms with Crippen LogP contribution in [0.2, 0.25) is 5.02 Å².